The predicted molar refractivity (Wildman–Crippen MR) is 109 cm³/mol. The molecule has 0 aliphatic heterocycles. The molecule has 0 aliphatic carbocycles. The van der Waals surface area contributed by atoms with Crippen LogP contribution in [0.4, 0.5) is 0 Å². The van der Waals surface area contributed by atoms with Gasteiger partial charge in [0.1, 0.15) is 0 Å². The zero-order valence-electron chi connectivity index (χ0n) is 17.0. The van der Waals surface area contributed by atoms with Crippen molar-refractivity contribution in [2.24, 2.45) is 0 Å². The van der Waals surface area contributed by atoms with Crippen molar-refractivity contribution in [1.82, 2.24) is 5.32 Å². The van der Waals surface area contributed by atoms with Crippen LogP contribution in [0.15, 0.2) is 36.4 Å². The van der Waals surface area contributed by atoms with Crippen LogP contribution in [-0.2, 0) is 11.2 Å². The number of methoxy groups -OCH3 is 1. The lowest BCUT2D eigenvalue weighted by Gasteiger charge is -2.13. The lowest BCUT2D eigenvalue weighted by molar-refractivity contribution is -0.123. The maximum absolute atomic E-state index is 12.1. The second kappa shape index (κ2) is 11.4. The Morgan fingerprint density at radius 3 is 2.34 bits per heavy atom. The van der Waals surface area contributed by atoms with Gasteiger partial charge in [-0.05, 0) is 50.1 Å². The normalized spacial score (nSPS) is 10.0. The Morgan fingerprint density at radius 1 is 0.966 bits per heavy atom. The van der Waals surface area contributed by atoms with Gasteiger partial charge in [0.15, 0.2) is 29.6 Å². The average molecular weight is 398 g/mol. The van der Waals surface area contributed by atoms with Gasteiger partial charge in [-0.1, -0.05) is 6.07 Å². The second-order valence-corrected chi connectivity index (χ2v) is 6.01. The molecule has 7 heteroatoms. The van der Waals surface area contributed by atoms with Gasteiger partial charge in [-0.3, -0.25) is 4.79 Å². The minimum atomic E-state index is -0.243. The smallest absolute Gasteiger partial charge is 0.257 e. The molecule has 0 unspecified atom stereocenters. The molecule has 29 heavy (non-hydrogen) atoms. The molecule has 0 spiro atoms. The first-order valence-electron chi connectivity index (χ1n) is 9.47. The highest BCUT2D eigenvalue weighted by atomic mass is 16.5. The van der Waals surface area contributed by atoms with Gasteiger partial charge < -0.3 is 24.3 Å². The molecule has 0 saturated heterocycles. The van der Waals surface area contributed by atoms with Crippen molar-refractivity contribution in [3.05, 3.63) is 47.5 Å². The molecule has 2 aromatic rings. The van der Waals surface area contributed by atoms with E-state index in [-0.39, 0.29) is 12.5 Å². The summed E-state index contributed by atoms with van der Waals surface area (Å²) < 4.78 is 21.9. The highest BCUT2D eigenvalue weighted by molar-refractivity contribution is 5.77. The number of carbonyl (C=O) groups is 1. The Hall–Kier alpha value is -3.40. The molecule has 2 rings (SSSR count). The highest BCUT2D eigenvalue weighted by Crippen LogP contribution is 2.29. The van der Waals surface area contributed by atoms with Crippen LogP contribution in [0.3, 0.4) is 0 Å². The van der Waals surface area contributed by atoms with Gasteiger partial charge >= 0.3 is 0 Å². The third-order valence-corrected chi connectivity index (χ3v) is 4.00. The molecule has 0 aromatic heterocycles. The summed E-state index contributed by atoms with van der Waals surface area (Å²) in [4.78, 5) is 12.1. The summed E-state index contributed by atoms with van der Waals surface area (Å²) >= 11 is 0. The molecule has 1 amide bonds. The number of nitriles is 1. The molecule has 0 aliphatic rings. The predicted octanol–water partition coefficient (Wildman–Crippen LogP) is 3.10. The fraction of sp³-hybridized carbons (Fsp3) is 0.364. The van der Waals surface area contributed by atoms with Gasteiger partial charge in [0, 0.05) is 12.6 Å². The number of ether oxygens (including phenoxy) is 4. The van der Waals surface area contributed by atoms with Gasteiger partial charge in [-0.25, -0.2) is 0 Å². The topological polar surface area (TPSA) is 89.8 Å². The van der Waals surface area contributed by atoms with Gasteiger partial charge in [-0.15, -0.1) is 0 Å². The third kappa shape index (κ3) is 6.61. The van der Waals surface area contributed by atoms with E-state index in [4.69, 9.17) is 24.2 Å². The van der Waals surface area contributed by atoms with Gasteiger partial charge in [0.25, 0.3) is 5.91 Å². The van der Waals surface area contributed by atoms with Crippen LogP contribution in [0.1, 0.15) is 25.0 Å². The molecule has 0 bridgehead atoms. The van der Waals surface area contributed by atoms with E-state index >= 15 is 0 Å². The number of nitrogens with zero attached hydrogens (tertiary/aromatic N) is 1. The Bertz CT molecular complexity index is 861. The SMILES string of the molecule is CCOc1ccc(CCNC(=O)COc2ccc(C#N)cc2OC)cc1OCC. The maximum atomic E-state index is 12.1. The van der Waals surface area contributed by atoms with E-state index in [1.165, 1.54) is 7.11 Å². The maximum Gasteiger partial charge on any atom is 0.257 e. The molecule has 2 aromatic carbocycles. The lowest BCUT2D eigenvalue weighted by atomic mass is 10.1. The monoisotopic (exact) mass is 398 g/mol. The summed E-state index contributed by atoms with van der Waals surface area (Å²) in [6.45, 7) is 5.29. The summed E-state index contributed by atoms with van der Waals surface area (Å²) in [7, 11) is 1.48. The average Bonchev–Trinajstić information content (AvgIpc) is 2.74. The fourth-order valence-electron chi connectivity index (χ4n) is 2.65. The summed E-state index contributed by atoms with van der Waals surface area (Å²) in [5.74, 6) is 2.00. The van der Waals surface area contributed by atoms with E-state index in [0.29, 0.717) is 54.7 Å². The molecular weight excluding hydrogens is 372 g/mol. The van der Waals surface area contributed by atoms with Crippen molar-refractivity contribution < 1.29 is 23.7 Å². The van der Waals surface area contributed by atoms with E-state index < -0.39 is 0 Å². The van der Waals surface area contributed by atoms with Crippen LogP contribution in [0.2, 0.25) is 0 Å². The van der Waals surface area contributed by atoms with Crippen molar-refractivity contribution in [2.75, 3.05) is 33.5 Å². The lowest BCUT2D eigenvalue weighted by Crippen LogP contribution is -2.30. The van der Waals surface area contributed by atoms with Crippen LogP contribution in [0, 0.1) is 11.3 Å². The van der Waals surface area contributed by atoms with Crippen LogP contribution in [-0.4, -0.2) is 39.4 Å². The molecular formula is C22H26N2O5. The van der Waals surface area contributed by atoms with Crippen molar-refractivity contribution in [3.63, 3.8) is 0 Å². The second-order valence-electron chi connectivity index (χ2n) is 6.01. The number of hydrogen-bond donors (Lipinski definition) is 1. The van der Waals surface area contributed by atoms with Crippen molar-refractivity contribution >= 4 is 5.91 Å². The number of benzene rings is 2. The number of hydrogen-bond acceptors (Lipinski definition) is 6. The fourth-order valence-corrected chi connectivity index (χ4v) is 2.65. The largest absolute Gasteiger partial charge is 0.493 e. The van der Waals surface area contributed by atoms with Crippen molar-refractivity contribution in [2.45, 2.75) is 20.3 Å². The van der Waals surface area contributed by atoms with E-state index in [2.05, 4.69) is 5.32 Å². The Labute approximate surface area is 171 Å². The zero-order valence-corrected chi connectivity index (χ0v) is 17.0. The van der Waals surface area contributed by atoms with Crippen LogP contribution in [0.25, 0.3) is 0 Å². The van der Waals surface area contributed by atoms with E-state index in [0.717, 1.165) is 5.56 Å². The quantitative estimate of drug-likeness (QED) is 0.626. The van der Waals surface area contributed by atoms with Gasteiger partial charge in [0.2, 0.25) is 0 Å². The Balaban J connectivity index is 1.84. The minimum absolute atomic E-state index is 0.143. The van der Waals surface area contributed by atoms with E-state index in [1.54, 1.807) is 18.2 Å². The van der Waals surface area contributed by atoms with Crippen LogP contribution >= 0.6 is 0 Å². The molecule has 154 valence electrons. The molecule has 0 radical (unpaired) electrons. The van der Waals surface area contributed by atoms with E-state index in [1.807, 2.05) is 38.1 Å². The molecule has 0 saturated carbocycles. The molecule has 0 atom stereocenters. The van der Waals surface area contributed by atoms with Gasteiger partial charge in [-0.2, -0.15) is 5.26 Å². The van der Waals surface area contributed by atoms with E-state index in [9.17, 15) is 4.79 Å². The highest BCUT2D eigenvalue weighted by Gasteiger charge is 2.10. The third-order valence-electron chi connectivity index (χ3n) is 4.00. The number of nitrogens with one attached hydrogen (secondary N) is 1. The Kier molecular flexibility index (Phi) is 8.64. The molecule has 0 heterocycles. The summed E-state index contributed by atoms with van der Waals surface area (Å²) in [6.07, 6.45) is 0.651. The Morgan fingerprint density at radius 2 is 1.66 bits per heavy atom. The first-order chi connectivity index (χ1) is 14.1. The van der Waals surface area contributed by atoms with Crippen LogP contribution in [0.5, 0.6) is 23.0 Å². The van der Waals surface area contributed by atoms with Crippen molar-refractivity contribution in [1.29, 1.82) is 5.26 Å². The number of rotatable bonds is 11. The molecule has 7 nitrogen and oxygen atoms in total. The number of amides is 1. The first-order valence-corrected chi connectivity index (χ1v) is 9.47. The van der Waals surface area contributed by atoms with Crippen LogP contribution < -0.4 is 24.3 Å². The molecule has 1 N–H and O–H groups in total. The zero-order chi connectivity index (χ0) is 21.1. The first kappa shape index (κ1) is 21.9. The van der Waals surface area contributed by atoms with Gasteiger partial charge in [0.05, 0.1) is 32.0 Å². The van der Waals surface area contributed by atoms with Crippen molar-refractivity contribution in [3.8, 4) is 29.1 Å². The number of carbonyl (C=O) groups excluding carboxylic acids is 1. The summed E-state index contributed by atoms with van der Waals surface area (Å²) in [5, 5.41) is 11.7. The minimum Gasteiger partial charge on any atom is -0.493 e. The standard InChI is InChI=1S/C22H26N2O5/c1-4-27-19-8-6-16(12-21(19)28-5-2)10-11-24-22(25)15-29-18-9-7-17(14-23)13-20(18)26-3/h6-9,12-13H,4-5,10-11,15H2,1-3H3,(H,24,25). The summed E-state index contributed by atoms with van der Waals surface area (Å²) in [5.41, 5.74) is 1.49. The molecule has 0 fully saturated rings. The summed E-state index contributed by atoms with van der Waals surface area (Å²) in [6, 6.07) is 12.6.